The number of hydrogen-bond donors (Lipinski definition) is 2. The van der Waals surface area contributed by atoms with E-state index in [2.05, 4.69) is 0 Å². The van der Waals surface area contributed by atoms with Gasteiger partial charge in [0.05, 0.1) is 38.5 Å². The van der Waals surface area contributed by atoms with Crippen LogP contribution in [0.15, 0.2) is 42.0 Å². The molecule has 0 saturated carbocycles. The third kappa shape index (κ3) is 4.79. The number of likely N-dealkylation sites (tertiary alicyclic amines) is 1. The summed E-state index contributed by atoms with van der Waals surface area (Å²) < 4.78 is 16.0. The van der Waals surface area contributed by atoms with Gasteiger partial charge in [-0.1, -0.05) is 0 Å². The van der Waals surface area contributed by atoms with Gasteiger partial charge in [-0.3, -0.25) is 9.59 Å². The lowest BCUT2D eigenvalue weighted by atomic mass is 9.94. The maximum Gasteiger partial charge on any atom is 0.295 e. The van der Waals surface area contributed by atoms with Crippen LogP contribution in [0, 0.1) is 0 Å². The van der Waals surface area contributed by atoms with Crippen LogP contribution in [-0.2, 0) is 9.59 Å². The lowest BCUT2D eigenvalue weighted by Crippen LogP contribution is -2.32. The zero-order valence-corrected chi connectivity index (χ0v) is 20.0. The number of nitrogens with zero attached hydrogens (tertiary/aromatic N) is 2. The van der Waals surface area contributed by atoms with Crippen molar-refractivity contribution in [2.75, 3.05) is 48.5 Å². The zero-order valence-electron chi connectivity index (χ0n) is 20.0. The van der Waals surface area contributed by atoms with E-state index in [-0.39, 0.29) is 23.4 Å². The molecule has 182 valence electrons. The monoisotopic (exact) mass is 470 g/mol. The Morgan fingerprint density at radius 3 is 2.24 bits per heavy atom. The molecule has 9 nitrogen and oxygen atoms in total. The van der Waals surface area contributed by atoms with E-state index in [1.54, 1.807) is 24.3 Å². The van der Waals surface area contributed by atoms with E-state index in [0.717, 1.165) is 0 Å². The van der Waals surface area contributed by atoms with Crippen LogP contribution in [0.2, 0.25) is 0 Å². The van der Waals surface area contributed by atoms with Crippen molar-refractivity contribution in [3.63, 3.8) is 0 Å². The van der Waals surface area contributed by atoms with E-state index in [4.69, 9.17) is 14.2 Å². The summed E-state index contributed by atoms with van der Waals surface area (Å²) in [6.45, 7) is 0.976. The standard InChI is InChI=1S/C25H30N2O7/c1-26(2)11-6-12-27-22(18-13-15(32-3)8-10-20(18)34-5)21(24(30)25(27)31)23(29)17-9-7-16(33-4)14-19(17)28/h7-10,13-14,22,28-29H,6,11-12H2,1-5H3. The number of carbonyl (C=O) groups is 2. The first kappa shape index (κ1) is 24.9. The SMILES string of the molecule is COc1ccc(C(O)=C2C(=O)C(=O)N(CCCN(C)C)C2c2cc(OC)ccc2OC)c(O)c1. The number of ketones is 1. The number of amides is 1. The molecule has 3 rings (SSSR count). The fraction of sp³-hybridized carbons (Fsp3) is 0.360. The van der Waals surface area contributed by atoms with Gasteiger partial charge in [-0.2, -0.15) is 0 Å². The molecule has 0 aromatic heterocycles. The van der Waals surface area contributed by atoms with Gasteiger partial charge in [0.15, 0.2) is 0 Å². The highest BCUT2D eigenvalue weighted by Crippen LogP contribution is 2.45. The van der Waals surface area contributed by atoms with Gasteiger partial charge in [-0.05, 0) is 57.4 Å². The normalized spacial score (nSPS) is 17.4. The number of aromatic hydroxyl groups is 1. The minimum atomic E-state index is -0.936. The Balaban J connectivity index is 2.22. The number of Topliss-reactive ketones (excluding diaryl/α,β-unsaturated/α-hetero) is 1. The summed E-state index contributed by atoms with van der Waals surface area (Å²) in [5.41, 5.74) is 0.362. The number of hydrogen-bond acceptors (Lipinski definition) is 8. The third-order valence-corrected chi connectivity index (χ3v) is 5.74. The Morgan fingerprint density at radius 2 is 1.65 bits per heavy atom. The number of carbonyl (C=O) groups excluding carboxylic acids is 2. The molecule has 34 heavy (non-hydrogen) atoms. The summed E-state index contributed by atoms with van der Waals surface area (Å²) in [7, 11) is 8.28. The van der Waals surface area contributed by atoms with Crippen molar-refractivity contribution < 1.29 is 34.0 Å². The first-order valence-electron chi connectivity index (χ1n) is 10.8. The molecule has 1 fully saturated rings. The number of phenolic OH excluding ortho intramolecular Hbond substituents is 1. The predicted molar refractivity (Wildman–Crippen MR) is 126 cm³/mol. The van der Waals surface area contributed by atoms with Crippen molar-refractivity contribution in [3.8, 4) is 23.0 Å². The van der Waals surface area contributed by atoms with E-state index >= 15 is 0 Å². The quantitative estimate of drug-likeness (QED) is 0.327. The van der Waals surface area contributed by atoms with E-state index in [0.29, 0.717) is 35.8 Å². The Labute approximate surface area is 198 Å². The van der Waals surface area contributed by atoms with Crippen molar-refractivity contribution in [3.05, 3.63) is 53.1 Å². The van der Waals surface area contributed by atoms with Gasteiger partial charge in [0.25, 0.3) is 11.7 Å². The maximum absolute atomic E-state index is 13.2. The zero-order chi connectivity index (χ0) is 25.0. The molecule has 9 heteroatoms. The van der Waals surface area contributed by atoms with Crippen molar-refractivity contribution >= 4 is 17.4 Å². The number of aliphatic hydroxyl groups excluding tert-OH is 1. The molecular formula is C25H30N2O7. The molecule has 0 bridgehead atoms. The van der Waals surface area contributed by atoms with Crippen LogP contribution >= 0.6 is 0 Å². The largest absolute Gasteiger partial charge is 0.507 e. The lowest BCUT2D eigenvalue weighted by molar-refractivity contribution is -0.140. The minimum Gasteiger partial charge on any atom is -0.507 e. The molecule has 2 aromatic rings. The maximum atomic E-state index is 13.2. The smallest absolute Gasteiger partial charge is 0.295 e. The summed E-state index contributed by atoms with van der Waals surface area (Å²) in [6.07, 6.45) is 0.608. The van der Waals surface area contributed by atoms with Gasteiger partial charge >= 0.3 is 0 Å². The molecule has 1 amide bonds. The first-order valence-corrected chi connectivity index (χ1v) is 10.8. The molecule has 1 heterocycles. The molecule has 1 atom stereocenters. The first-order chi connectivity index (χ1) is 16.2. The van der Waals surface area contributed by atoms with E-state index in [1.165, 1.54) is 38.4 Å². The highest BCUT2D eigenvalue weighted by Gasteiger charge is 2.47. The molecule has 0 aliphatic carbocycles. The summed E-state index contributed by atoms with van der Waals surface area (Å²) >= 11 is 0. The molecular weight excluding hydrogens is 440 g/mol. The van der Waals surface area contributed by atoms with E-state index in [1.807, 2.05) is 19.0 Å². The number of rotatable bonds is 9. The van der Waals surface area contributed by atoms with E-state index in [9.17, 15) is 19.8 Å². The van der Waals surface area contributed by atoms with Gasteiger partial charge in [0, 0.05) is 18.2 Å². The number of phenols is 1. The van der Waals surface area contributed by atoms with Crippen LogP contribution in [0.3, 0.4) is 0 Å². The van der Waals surface area contributed by atoms with Gasteiger partial charge in [-0.15, -0.1) is 0 Å². The Kier molecular flexibility index (Phi) is 7.68. The van der Waals surface area contributed by atoms with Crippen LogP contribution in [0.25, 0.3) is 5.76 Å². The summed E-state index contributed by atoms with van der Waals surface area (Å²) in [4.78, 5) is 29.7. The van der Waals surface area contributed by atoms with Crippen LogP contribution in [-0.4, -0.2) is 80.2 Å². The second-order valence-corrected chi connectivity index (χ2v) is 8.14. The van der Waals surface area contributed by atoms with E-state index < -0.39 is 23.5 Å². The second-order valence-electron chi connectivity index (χ2n) is 8.14. The third-order valence-electron chi connectivity index (χ3n) is 5.74. The van der Waals surface area contributed by atoms with Gasteiger partial charge in [0.1, 0.15) is 28.8 Å². The molecule has 1 saturated heterocycles. The van der Waals surface area contributed by atoms with Gasteiger partial charge in [0.2, 0.25) is 0 Å². The topological polar surface area (TPSA) is 109 Å². The fourth-order valence-electron chi connectivity index (χ4n) is 4.03. The fourth-order valence-corrected chi connectivity index (χ4v) is 4.03. The van der Waals surface area contributed by atoms with Crippen LogP contribution in [0.5, 0.6) is 23.0 Å². The van der Waals surface area contributed by atoms with Gasteiger partial charge < -0.3 is 34.2 Å². The van der Waals surface area contributed by atoms with Gasteiger partial charge in [-0.25, -0.2) is 0 Å². The lowest BCUT2D eigenvalue weighted by Gasteiger charge is -2.27. The van der Waals surface area contributed by atoms with Crippen LogP contribution < -0.4 is 14.2 Å². The molecule has 0 spiro atoms. The summed E-state index contributed by atoms with van der Waals surface area (Å²) in [5, 5.41) is 21.7. The number of methoxy groups -OCH3 is 3. The predicted octanol–water partition coefficient (Wildman–Crippen LogP) is 2.79. The average molecular weight is 471 g/mol. The van der Waals surface area contributed by atoms with Crippen molar-refractivity contribution in [2.24, 2.45) is 0 Å². The molecule has 2 aromatic carbocycles. The molecule has 2 N–H and O–H groups in total. The average Bonchev–Trinajstić information content (AvgIpc) is 3.07. The van der Waals surface area contributed by atoms with Crippen molar-refractivity contribution in [2.45, 2.75) is 12.5 Å². The van der Waals surface area contributed by atoms with Crippen molar-refractivity contribution in [1.82, 2.24) is 9.80 Å². The number of benzene rings is 2. The highest BCUT2D eigenvalue weighted by atomic mass is 16.5. The molecule has 1 unspecified atom stereocenters. The van der Waals surface area contributed by atoms with Crippen LogP contribution in [0.4, 0.5) is 0 Å². The number of aliphatic hydroxyl groups is 1. The van der Waals surface area contributed by atoms with Crippen molar-refractivity contribution in [1.29, 1.82) is 0 Å². The molecule has 0 radical (unpaired) electrons. The Bertz CT molecular complexity index is 1110. The molecule has 1 aliphatic heterocycles. The second kappa shape index (κ2) is 10.5. The molecule has 1 aliphatic rings. The summed E-state index contributed by atoms with van der Waals surface area (Å²) in [6, 6.07) is 8.42. The summed E-state index contributed by atoms with van der Waals surface area (Å²) in [5.74, 6) is -1.03. The Morgan fingerprint density at radius 1 is 1.00 bits per heavy atom. The highest BCUT2D eigenvalue weighted by molar-refractivity contribution is 6.46. The minimum absolute atomic E-state index is 0.0129. The number of ether oxygens (including phenoxy) is 3. The van der Waals surface area contributed by atoms with Crippen LogP contribution in [0.1, 0.15) is 23.6 Å². The Hall–Kier alpha value is -3.72.